The summed E-state index contributed by atoms with van der Waals surface area (Å²) < 4.78 is 5.73. The van der Waals surface area contributed by atoms with Crippen LogP contribution in [0.2, 0.25) is 0 Å². The maximum absolute atomic E-state index is 12.2. The van der Waals surface area contributed by atoms with Gasteiger partial charge in [0.15, 0.2) is 0 Å². The quantitative estimate of drug-likeness (QED) is 0.860. The van der Waals surface area contributed by atoms with Gasteiger partial charge in [-0.05, 0) is 43.2 Å². The third-order valence-corrected chi connectivity index (χ3v) is 4.68. The van der Waals surface area contributed by atoms with Crippen molar-refractivity contribution in [2.75, 3.05) is 0 Å². The smallest absolute Gasteiger partial charge is 0.308 e. The highest BCUT2D eigenvalue weighted by molar-refractivity contribution is 5.71. The second kappa shape index (κ2) is 5.57. The maximum Gasteiger partial charge on any atom is 0.308 e. The predicted octanol–water partition coefficient (Wildman–Crippen LogP) is 3.27. The lowest BCUT2D eigenvalue weighted by Gasteiger charge is -2.28. The Balaban J connectivity index is 1.65. The molecule has 1 fully saturated rings. The van der Waals surface area contributed by atoms with Gasteiger partial charge < -0.3 is 10.5 Å². The highest BCUT2D eigenvalue weighted by Gasteiger charge is 2.33. The molecule has 0 aliphatic heterocycles. The summed E-state index contributed by atoms with van der Waals surface area (Å²) >= 11 is 0. The lowest BCUT2D eigenvalue weighted by molar-refractivity contribution is -0.151. The molecule has 3 rings (SSSR count). The van der Waals surface area contributed by atoms with Gasteiger partial charge in [-0.25, -0.2) is 0 Å². The molecule has 0 spiro atoms. The molecule has 3 nitrogen and oxygen atoms in total. The van der Waals surface area contributed by atoms with Crippen LogP contribution in [-0.2, 0) is 16.0 Å². The van der Waals surface area contributed by atoms with E-state index in [1.54, 1.807) is 0 Å². The summed E-state index contributed by atoms with van der Waals surface area (Å²) in [7, 11) is 0. The monoisotopic (exact) mass is 273 g/mol. The minimum absolute atomic E-state index is 0.0718. The van der Waals surface area contributed by atoms with E-state index in [4.69, 9.17) is 10.5 Å². The third-order valence-electron chi connectivity index (χ3n) is 4.68. The molecule has 2 N–H and O–H groups in total. The minimum atomic E-state index is -0.314. The van der Waals surface area contributed by atoms with Gasteiger partial charge in [0, 0.05) is 5.54 Å². The Hall–Kier alpha value is -1.35. The Morgan fingerprint density at radius 1 is 1.25 bits per heavy atom. The van der Waals surface area contributed by atoms with Crippen LogP contribution >= 0.6 is 0 Å². The first-order valence-corrected chi connectivity index (χ1v) is 7.72. The van der Waals surface area contributed by atoms with Crippen LogP contribution in [0, 0.1) is 0 Å². The maximum atomic E-state index is 12.2. The van der Waals surface area contributed by atoms with Gasteiger partial charge in [-0.15, -0.1) is 0 Å². The van der Waals surface area contributed by atoms with Crippen LogP contribution in [0.4, 0.5) is 0 Å². The number of fused-ring (bicyclic) bond motifs is 1. The molecule has 2 aliphatic rings. The van der Waals surface area contributed by atoms with Crippen LogP contribution in [0.1, 0.15) is 62.2 Å². The number of nitrogens with two attached hydrogens (primary N) is 1. The number of esters is 1. The topological polar surface area (TPSA) is 52.3 Å². The van der Waals surface area contributed by atoms with Gasteiger partial charge in [0.05, 0.1) is 6.42 Å². The highest BCUT2D eigenvalue weighted by Crippen LogP contribution is 2.35. The van der Waals surface area contributed by atoms with Crippen LogP contribution in [0.15, 0.2) is 24.3 Å². The second-order valence-electron chi connectivity index (χ2n) is 6.32. The third kappa shape index (κ3) is 2.88. The van der Waals surface area contributed by atoms with Crippen molar-refractivity contribution in [3.8, 4) is 0 Å². The molecule has 3 heteroatoms. The van der Waals surface area contributed by atoms with E-state index in [9.17, 15) is 4.79 Å². The molecule has 1 aromatic carbocycles. The normalized spacial score (nSPS) is 24.1. The van der Waals surface area contributed by atoms with Gasteiger partial charge in [0.25, 0.3) is 0 Å². The molecule has 1 atom stereocenters. The summed E-state index contributed by atoms with van der Waals surface area (Å²) in [6, 6.07) is 8.29. The number of aryl methyl sites for hydroxylation is 1. The molecular weight excluding hydrogens is 250 g/mol. The van der Waals surface area contributed by atoms with Gasteiger partial charge in [-0.3, -0.25) is 4.79 Å². The minimum Gasteiger partial charge on any atom is -0.457 e. The SMILES string of the molecule is NC1(CC(=O)OC2CCCc3ccccc32)CCCC1. The van der Waals surface area contributed by atoms with Crippen molar-refractivity contribution in [3.63, 3.8) is 0 Å². The van der Waals surface area contributed by atoms with Gasteiger partial charge in [-0.2, -0.15) is 0 Å². The van der Waals surface area contributed by atoms with E-state index in [-0.39, 0.29) is 17.6 Å². The van der Waals surface area contributed by atoms with Crippen LogP contribution in [-0.4, -0.2) is 11.5 Å². The van der Waals surface area contributed by atoms with Crippen molar-refractivity contribution in [2.24, 2.45) is 5.73 Å². The first-order valence-electron chi connectivity index (χ1n) is 7.72. The van der Waals surface area contributed by atoms with Gasteiger partial charge >= 0.3 is 5.97 Å². The number of benzene rings is 1. The number of carbonyl (C=O) groups excluding carboxylic acids is 1. The lowest BCUT2D eigenvalue weighted by Crippen LogP contribution is -2.39. The van der Waals surface area contributed by atoms with Crippen molar-refractivity contribution in [3.05, 3.63) is 35.4 Å². The first kappa shape index (κ1) is 13.6. The van der Waals surface area contributed by atoms with Crippen molar-refractivity contribution in [1.82, 2.24) is 0 Å². The molecule has 1 unspecified atom stereocenters. The van der Waals surface area contributed by atoms with Crippen LogP contribution in [0.3, 0.4) is 0 Å². The van der Waals surface area contributed by atoms with Crippen molar-refractivity contribution >= 4 is 5.97 Å². The summed E-state index contributed by atoms with van der Waals surface area (Å²) in [5.41, 5.74) is 8.45. The van der Waals surface area contributed by atoms with Crippen molar-refractivity contribution in [1.29, 1.82) is 0 Å². The zero-order chi connectivity index (χ0) is 14.0. The van der Waals surface area contributed by atoms with Crippen LogP contribution < -0.4 is 5.73 Å². The molecule has 0 aromatic heterocycles. The molecule has 108 valence electrons. The molecule has 0 radical (unpaired) electrons. The van der Waals surface area contributed by atoms with E-state index in [2.05, 4.69) is 18.2 Å². The number of rotatable bonds is 3. The van der Waals surface area contributed by atoms with E-state index in [0.717, 1.165) is 44.9 Å². The van der Waals surface area contributed by atoms with Crippen LogP contribution in [0.5, 0.6) is 0 Å². The molecular formula is C17H23NO2. The number of hydrogen-bond donors (Lipinski definition) is 1. The molecule has 0 amide bonds. The molecule has 20 heavy (non-hydrogen) atoms. The molecule has 0 saturated heterocycles. The van der Waals surface area contributed by atoms with Gasteiger partial charge in [-0.1, -0.05) is 37.1 Å². The van der Waals surface area contributed by atoms with E-state index < -0.39 is 0 Å². The largest absolute Gasteiger partial charge is 0.457 e. The molecule has 0 bridgehead atoms. The lowest BCUT2D eigenvalue weighted by atomic mass is 9.89. The fourth-order valence-corrected chi connectivity index (χ4v) is 3.58. The van der Waals surface area contributed by atoms with E-state index in [1.807, 2.05) is 6.07 Å². The Morgan fingerprint density at radius 3 is 2.80 bits per heavy atom. The zero-order valence-electron chi connectivity index (χ0n) is 11.9. The summed E-state index contributed by atoms with van der Waals surface area (Å²) in [6.07, 6.45) is 7.57. The highest BCUT2D eigenvalue weighted by atomic mass is 16.5. The summed E-state index contributed by atoms with van der Waals surface area (Å²) in [5.74, 6) is -0.129. The Bertz CT molecular complexity index is 492. The number of ether oxygens (including phenoxy) is 1. The van der Waals surface area contributed by atoms with Crippen molar-refractivity contribution < 1.29 is 9.53 Å². The van der Waals surface area contributed by atoms with E-state index in [1.165, 1.54) is 11.1 Å². The summed E-state index contributed by atoms with van der Waals surface area (Å²) in [6.45, 7) is 0. The standard InChI is InChI=1S/C17H23NO2/c18-17(10-3-4-11-17)12-16(19)20-15-9-5-7-13-6-1-2-8-14(13)15/h1-2,6,8,15H,3-5,7,9-12,18H2. The Morgan fingerprint density at radius 2 is 2.00 bits per heavy atom. The first-order chi connectivity index (χ1) is 9.66. The number of carbonyl (C=O) groups is 1. The average molecular weight is 273 g/mol. The van der Waals surface area contributed by atoms with Crippen LogP contribution in [0.25, 0.3) is 0 Å². The Labute approximate surface area is 120 Å². The fourth-order valence-electron chi connectivity index (χ4n) is 3.58. The van der Waals surface area contributed by atoms with E-state index >= 15 is 0 Å². The average Bonchev–Trinajstić information content (AvgIpc) is 2.85. The summed E-state index contributed by atoms with van der Waals surface area (Å²) in [4.78, 5) is 12.2. The second-order valence-corrected chi connectivity index (χ2v) is 6.32. The van der Waals surface area contributed by atoms with E-state index in [0.29, 0.717) is 6.42 Å². The zero-order valence-corrected chi connectivity index (χ0v) is 11.9. The molecule has 1 saturated carbocycles. The van der Waals surface area contributed by atoms with Gasteiger partial charge in [0.1, 0.15) is 6.10 Å². The number of hydrogen-bond acceptors (Lipinski definition) is 3. The van der Waals surface area contributed by atoms with Gasteiger partial charge in [0.2, 0.25) is 0 Å². The van der Waals surface area contributed by atoms with Crippen molar-refractivity contribution in [2.45, 2.75) is 63.0 Å². The Kier molecular flexibility index (Phi) is 3.79. The predicted molar refractivity (Wildman–Crippen MR) is 78.2 cm³/mol. The molecule has 1 aromatic rings. The molecule has 0 heterocycles. The fraction of sp³-hybridized carbons (Fsp3) is 0.588. The summed E-state index contributed by atoms with van der Waals surface area (Å²) in [5, 5.41) is 0. The molecule has 2 aliphatic carbocycles.